The third-order valence-electron chi connectivity index (χ3n) is 4.28. The summed E-state index contributed by atoms with van der Waals surface area (Å²) in [5.41, 5.74) is 0.875. The number of H-pyrrole nitrogens is 2. The molecule has 1 aliphatic rings. The molecule has 25 heavy (non-hydrogen) atoms. The summed E-state index contributed by atoms with van der Waals surface area (Å²) < 4.78 is 5.73. The molecule has 1 aliphatic heterocycles. The minimum Gasteiger partial charge on any atom is -0.367 e. The SMILES string of the molecule is Cc1cnc([C@@H]2CN(C(=O)c3n[nH]c(=O)c4ccccc34)CCO2)[nH]1. The van der Waals surface area contributed by atoms with E-state index in [1.54, 1.807) is 35.4 Å². The summed E-state index contributed by atoms with van der Waals surface area (Å²) in [5.74, 6) is 0.471. The lowest BCUT2D eigenvalue weighted by Gasteiger charge is -2.31. The summed E-state index contributed by atoms with van der Waals surface area (Å²) in [5, 5.41) is 7.40. The van der Waals surface area contributed by atoms with Gasteiger partial charge in [0.05, 0.1) is 18.5 Å². The van der Waals surface area contributed by atoms with Crippen molar-refractivity contribution < 1.29 is 9.53 Å². The number of ether oxygens (including phenoxy) is 1. The van der Waals surface area contributed by atoms with Crippen LogP contribution in [0.15, 0.2) is 35.3 Å². The first-order valence-corrected chi connectivity index (χ1v) is 8.03. The molecule has 1 fully saturated rings. The second-order valence-electron chi connectivity index (χ2n) is 6.01. The van der Waals surface area contributed by atoms with Gasteiger partial charge in [-0.3, -0.25) is 9.59 Å². The third kappa shape index (κ3) is 2.80. The molecule has 0 radical (unpaired) electrons. The molecule has 4 rings (SSSR count). The zero-order chi connectivity index (χ0) is 17.4. The molecule has 1 amide bonds. The predicted molar refractivity (Wildman–Crippen MR) is 90.3 cm³/mol. The summed E-state index contributed by atoms with van der Waals surface area (Å²) >= 11 is 0. The maximum atomic E-state index is 13.0. The molecule has 0 bridgehead atoms. The van der Waals surface area contributed by atoms with E-state index in [-0.39, 0.29) is 23.3 Å². The maximum absolute atomic E-state index is 13.0. The van der Waals surface area contributed by atoms with Crippen molar-refractivity contribution in [2.75, 3.05) is 19.7 Å². The van der Waals surface area contributed by atoms with Crippen LogP contribution in [-0.2, 0) is 4.74 Å². The summed E-state index contributed by atoms with van der Waals surface area (Å²) in [4.78, 5) is 34.0. The second kappa shape index (κ2) is 6.14. The fraction of sp³-hybridized carbons (Fsp3) is 0.294. The molecule has 0 aliphatic carbocycles. The van der Waals surface area contributed by atoms with Crippen LogP contribution in [0.25, 0.3) is 10.8 Å². The van der Waals surface area contributed by atoms with Crippen molar-refractivity contribution in [1.29, 1.82) is 0 Å². The number of carbonyl (C=O) groups excluding carboxylic acids is 1. The molecule has 2 aromatic heterocycles. The summed E-state index contributed by atoms with van der Waals surface area (Å²) in [6.45, 7) is 3.17. The quantitative estimate of drug-likeness (QED) is 0.729. The molecule has 1 saturated heterocycles. The fourth-order valence-corrected chi connectivity index (χ4v) is 3.02. The van der Waals surface area contributed by atoms with E-state index in [1.165, 1.54) is 0 Å². The van der Waals surface area contributed by atoms with E-state index in [0.29, 0.717) is 36.3 Å². The molecule has 0 spiro atoms. The number of hydrogen-bond acceptors (Lipinski definition) is 5. The number of fused-ring (bicyclic) bond motifs is 1. The number of morpholine rings is 1. The first-order valence-electron chi connectivity index (χ1n) is 8.03. The van der Waals surface area contributed by atoms with Crippen LogP contribution in [0.3, 0.4) is 0 Å². The molecule has 0 unspecified atom stereocenters. The van der Waals surface area contributed by atoms with Crippen LogP contribution >= 0.6 is 0 Å². The Morgan fingerprint density at radius 1 is 1.32 bits per heavy atom. The van der Waals surface area contributed by atoms with E-state index >= 15 is 0 Å². The van der Waals surface area contributed by atoms with E-state index < -0.39 is 0 Å². The van der Waals surface area contributed by atoms with Gasteiger partial charge < -0.3 is 14.6 Å². The Kier molecular flexibility index (Phi) is 3.81. The van der Waals surface area contributed by atoms with E-state index in [1.807, 2.05) is 6.92 Å². The first-order chi connectivity index (χ1) is 12.1. The Hall–Kier alpha value is -3.00. The van der Waals surface area contributed by atoms with Crippen molar-refractivity contribution >= 4 is 16.7 Å². The fourth-order valence-electron chi connectivity index (χ4n) is 3.02. The summed E-state index contributed by atoms with van der Waals surface area (Å²) in [6.07, 6.45) is 1.43. The maximum Gasteiger partial charge on any atom is 0.275 e. The predicted octanol–water partition coefficient (Wildman–Crippen LogP) is 1.17. The Balaban J connectivity index is 1.65. The number of aromatic nitrogens is 4. The number of hydrogen-bond donors (Lipinski definition) is 2. The minimum absolute atomic E-state index is 0.232. The van der Waals surface area contributed by atoms with E-state index in [2.05, 4.69) is 20.2 Å². The van der Waals surface area contributed by atoms with Crippen molar-refractivity contribution in [3.05, 3.63) is 58.0 Å². The van der Waals surface area contributed by atoms with Gasteiger partial charge in [0.1, 0.15) is 11.9 Å². The average molecular weight is 339 g/mol. The third-order valence-corrected chi connectivity index (χ3v) is 4.28. The molecule has 2 N–H and O–H groups in total. The Bertz CT molecular complexity index is 993. The van der Waals surface area contributed by atoms with Crippen LogP contribution in [0.2, 0.25) is 0 Å². The number of amides is 1. The monoisotopic (exact) mass is 339 g/mol. The second-order valence-corrected chi connectivity index (χ2v) is 6.01. The standard InChI is InChI=1S/C17H17N5O3/c1-10-8-18-15(19-10)13-9-22(6-7-25-13)17(24)14-11-4-2-3-5-12(11)16(23)21-20-14/h2-5,8,13H,6-7,9H2,1H3,(H,18,19)(H,21,23)/t13-/m0/s1. The van der Waals surface area contributed by atoms with Gasteiger partial charge in [-0.15, -0.1) is 0 Å². The van der Waals surface area contributed by atoms with Crippen molar-refractivity contribution in [2.24, 2.45) is 0 Å². The van der Waals surface area contributed by atoms with E-state index in [9.17, 15) is 9.59 Å². The normalized spacial score (nSPS) is 17.8. The molecule has 8 heteroatoms. The molecular weight excluding hydrogens is 322 g/mol. The summed E-state index contributed by atoms with van der Waals surface area (Å²) in [6, 6.07) is 6.96. The lowest BCUT2D eigenvalue weighted by molar-refractivity contribution is -0.0266. The van der Waals surface area contributed by atoms with Crippen molar-refractivity contribution in [3.63, 3.8) is 0 Å². The van der Waals surface area contributed by atoms with E-state index in [4.69, 9.17) is 4.74 Å². The number of nitrogens with one attached hydrogen (secondary N) is 2. The summed E-state index contributed by atoms with van der Waals surface area (Å²) in [7, 11) is 0. The van der Waals surface area contributed by atoms with Gasteiger partial charge in [0, 0.05) is 23.8 Å². The van der Waals surface area contributed by atoms with Crippen LogP contribution < -0.4 is 5.56 Å². The Morgan fingerprint density at radius 3 is 2.88 bits per heavy atom. The molecule has 1 aromatic carbocycles. The van der Waals surface area contributed by atoms with Crippen LogP contribution in [0.4, 0.5) is 0 Å². The highest BCUT2D eigenvalue weighted by Gasteiger charge is 2.29. The average Bonchev–Trinajstić information content (AvgIpc) is 3.08. The molecule has 8 nitrogen and oxygen atoms in total. The minimum atomic E-state index is -0.307. The number of benzene rings is 1. The number of carbonyl (C=O) groups is 1. The number of imidazole rings is 1. The zero-order valence-electron chi connectivity index (χ0n) is 13.7. The van der Waals surface area contributed by atoms with Gasteiger partial charge in [0.2, 0.25) is 0 Å². The number of aryl methyl sites for hydroxylation is 1. The number of aromatic amines is 2. The lowest BCUT2D eigenvalue weighted by atomic mass is 10.1. The van der Waals surface area contributed by atoms with Gasteiger partial charge >= 0.3 is 0 Å². The van der Waals surface area contributed by atoms with Crippen LogP contribution in [0.5, 0.6) is 0 Å². The molecule has 128 valence electrons. The van der Waals surface area contributed by atoms with Crippen molar-refractivity contribution in [2.45, 2.75) is 13.0 Å². The molecular formula is C17H17N5O3. The van der Waals surface area contributed by atoms with Crippen LogP contribution in [0.1, 0.15) is 28.1 Å². The highest BCUT2D eigenvalue weighted by Crippen LogP contribution is 2.22. The zero-order valence-corrected chi connectivity index (χ0v) is 13.7. The van der Waals surface area contributed by atoms with Crippen molar-refractivity contribution in [1.82, 2.24) is 25.1 Å². The van der Waals surface area contributed by atoms with Gasteiger partial charge in [-0.05, 0) is 13.0 Å². The van der Waals surface area contributed by atoms with E-state index in [0.717, 1.165) is 5.69 Å². The van der Waals surface area contributed by atoms with Gasteiger partial charge in [-0.25, -0.2) is 10.1 Å². The largest absolute Gasteiger partial charge is 0.367 e. The molecule has 0 saturated carbocycles. The first kappa shape index (κ1) is 15.5. The molecule has 3 heterocycles. The smallest absolute Gasteiger partial charge is 0.275 e. The van der Waals surface area contributed by atoms with Gasteiger partial charge in [0.25, 0.3) is 11.5 Å². The lowest BCUT2D eigenvalue weighted by Crippen LogP contribution is -2.43. The highest BCUT2D eigenvalue weighted by molar-refractivity contribution is 6.04. The van der Waals surface area contributed by atoms with Gasteiger partial charge in [-0.2, -0.15) is 5.10 Å². The molecule has 1 atom stereocenters. The Morgan fingerprint density at radius 2 is 2.12 bits per heavy atom. The molecule has 3 aromatic rings. The number of nitrogens with zero attached hydrogens (tertiary/aromatic N) is 3. The van der Waals surface area contributed by atoms with Gasteiger partial charge in [0.15, 0.2) is 5.69 Å². The Labute approximate surface area is 142 Å². The van der Waals surface area contributed by atoms with Crippen LogP contribution in [-0.4, -0.2) is 50.7 Å². The van der Waals surface area contributed by atoms with Gasteiger partial charge in [-0.1, -0.05) is 18.2 Å². The highest BCUT2D eigenvalue weighted by atomic mass is 16.5. The topological polar surface area (TPSA) is 104 Å². The number of rotatable bonds is 2. The van der Waals surface area contributed by atoms with Crippen LogP contribution in [0, 0.1) is 6.92 Å². The van der Waals surface area contributed by atoms with Crippen molar-refractivity contribution in [3.8, 4) is 0 Å².